The molecule has 13 heavy (non-hydrogen) atoms. The van der Waals surface area contributed by atoms with Crippen LogP contribution in [0.1, 0.15) is 38.2 Å². The molecule has 0 aliphatic carbocycles. The second-order valence-electron chi connectivity index (χ2n) is 3.53. The Morgan fingerprint density at radius 3 is 2.54 bits per heavy atom. The van der Waals surface area contributed by atoms with E-state index in [4.69, 9.17) is 8.83 Å². The molecule has 1 unspecified atom stereocenters. The minimum atomic E-state index is -0.587. The maximum atomic E-state index is 10.7. The topological polar surface area (TPSA) is 43.4 Å². The van der Waals surface area contributed by atoms with Crippen molar-refractivity contribution in [1.82, 2.24) is 0 Å². The fraction of sp³-hybridized carbons (Fsp3) is 0.700. The molecule has 0 N–H and O–H groups in total. The van der Waals surface area contributed by atoms with Gasteiger partial charge in [0.05, 0.1) is 0 Å². The first-order valence-corrected chi connectivity index (χ1v) is 4.73. The minimum absolute atomic E-state index is 0.546. The summed E-state index contributed by atoms with van der Waals surface area (Å²) >= 11 is 0. The van der Waals surface area contributed by atoms with Crippen LogP contribution in [0.15, 0.2) is 13.6 Å². The van der Waals surface area contributed by atoms with E-state index in [0.29, 0.717) is 17.4 Å². The van der Waals surface area contributed by atoms with Crippen LogP contribution >= 0.6 is 0 Å². The van der Waals surface area contributed by atoms with Crippen LogP contribution in [0, 0.1) is 12.8 Å². The summed E-state index contributed by atoms with van der Waals surface area (Å²) in [5.41, 5.74) is 0. The molecule has 0 saturated carbocycles. The van der Waals surface area contributed by atoms with Gasteiger partial charge < -0.3 is 8.83 Å². The Labute approximate surface area is 77.7 Å². The molecular weight excluding hydrogens is 168 g/mol. The Hall–Kier alpha value is -0.990. The Morgan fingerprint density at radius 2 is 2.08 bits per heavy atom. The molecule has 0 fully saturated rings. The Bertz CT molecular complexity index is 308. The first-order valence-electron chi connectivity index (χ1n) is 4.73. The summed E-state index contributed by atoms with van der Waals surface area (Å²) in [5.74, 6) is 1.28. The zero-order chi connectivity index (χ0) is 9.84. The third-order valence-electron chi connectivity index (χ3n) is 2.15. The highest BCUT2D eigenvalue weighted by Crippen LogP contribution is 2.15. The monoisotopic (exact) mass is 184 g/mol. The highest BCUT2D eigenvalue weighted by Gasteiger charge is 2.11. The van der Waals surface area contributed by atoms with E-state index in [2.05, 4.69) is 13.8 Å². The van der Waals surface area contributed by atoms with Gasteiger partial charge in [0.25, 0.3) is 0 Å². The average Bonchev–Trinajstić information content (AvgIpc) is 2.30. The molecule has 1 aromatic heterocycles. The second-order valence-corrected chi connectivity index (χ2v) is 3.53. The molecule has 1 rings (SSSR count). The van der Waals surface area contributed by atoms with E-state index in [9.17, 15) is 4.79 Å². The van der Waals surface area contributed by atoms with Crippen molar-refractivity contribution in [2.75, 3.05) is 0 Å². The summed E-state index contributed by atoms with van der Waals surface area (Å²) in [4.78, 5) is 10.7. The lowest BCUT2D eigenvalue weighted by Gasteiger charge is -2.06. The van der Waals surface area contributed by atoms with Crippen molar-refractivity contribution in [2.24, 2.45) is 5.92 Å². The van der Waals surface area contributed by atoms with Crippen molar-refractivity contribution in [3.8, 4) is 0 Å². The summed E-state index contributed by atoms with van der Waals surface area (Å²) in [5, 5.41) is 0. The van der Waals surface area contributed by atoms with Gasteiger partial charge >= 0.3 is 5.82 Å². The van der Waals surface area contributed by atoms with E-state index in [-0.39, 0.29) is 0 Å². The quantitative estimate of drug-likeness (QED) is 0.722. The second kappa shape index (κ2) is 4.30. The molecule has 0 amide bonds. The van der Waals surface area contributed by atoms with E-state index in [0.717, 1.165) is 19.3 Å². The van der Waals surface area contributed by atoms with Crippen molar-refractivity contribution in [3.05, 3.63) is 22.1 Å². The molecule has 1 aromatic rings. The van der Waals surface area contributed by atoms with Gasteiger partial charge in [-0.3, -0.25) is 0 Å². The van der Waals surface area contributed by atoms with Gasteiger partial charge in [-0.15, -0.1) is 0 Å². The van der Waals surface area contributed by atoms with Crippen LogP contribution in [-0.4, -0.2) is 0 Å². The summed E-state index contributed by atoms with van der Waals surface area (Å²) in [6, 6.07) is 0. The summed E-state index contributed by atoms with van der Waals surface area (Å²) < 4.78 is 9.68. The summed E-state index contributed by atoms with van der Waals surface area (Å²) in [6.07, 6.45) is 3.10. The van der Waals surface area contributed by atoms with Crippen LogP contribution < -0.4 is 5.82 Å². The minimum Gasteiger partial charge on any atom is -0.396 e. The maximum absolute atomic E-state index is 10.7. The van der Waals surface area contributed by atoms with Gasteiger partial charge in [0.1, 0.15) is 11.5 Å². The fourth-order valence-corrected chi connectivity index (χ4v) is 1.47. The van der Waals surface area contributed by atoms with Crippen LogP contribution in [-0.2, 0) is 6.42 Å². The van der Waals surface area contributed by atoms with Gasteiger partial charge in [0.2, 0.25) is 0 Å². The lowest BCUT2D eigenvalue weighted by molar-refractivity contribution is 0.360. The molecule has 0 spiro atoms. The largest absolute Gasteiger partial charge is 0.519 e. The highest BCUT2D eigenvalue weighted by molar-refractivity contribution is 5.01. The van der Waals surface area contributed by atoms with Gasteiger partial charge in [-0.25, -0.2) is 4.79 Å². The Balaban J connectivity index is 2.63. The maximum Gasteiger partial charge on any atom is 0.519 e. The van der Waals surface area contributed by atoms with Gasteiger partial charge in [-0.2, -0.15) is 0 Å². The number of rotatable bonds is 4. The lowest BCUT2D eigenvalue weighted by Crippen LogP contribution is -1.99. The third-order valence-corrected chi connectivity index (χ3v) is 2.15. The van der Waals surface area contributed by atoms with Gasteiger partial charge in [-0.1, -0.05) is 26.7 Å². The highest BCUT2D eigenvalue weighted by atomic mass is 16.6. The smallest absolute Gasteiger partial charge is 0.396 e. The van der Waals surface area contributed by atoms with Crippen molar-refractivity contribution in [3.63, 3.8) is 0 Å². The molecule has 0 aliphatic rings. The average molecular weight is 184 g/mol. The SMILES string of the molecule is CCCC(C)Cc1oc(=O)oc1C. The molecule has 0 aliphatic heterocycles. The van der Waals surface area contributed by atoms with Crippen molar-refractivity contribution < 1.29 is 8.83 Å². The summed E-state index contributed by atoms with van der Waals surface area (Å²) in [6.45, 7) is 6.06. The van der Waals surface area contributed by atoms with Crippen molar-refractivity contribution >= 4 is 0 Å². The first-order chi connectivity index (χ1) is 6.13. The van der Waals surface area contributed by atoms with Gasteiger partial charge in [-0.05, 0) is 12.8 Å². The van der Waals surface area contributed by atoms with E-state index in [1.807, 2.05) is 0 Å². The zero-order valence-electron chi connectivity index (χ0n) is 8.42. The molecule has 3 heteroatoms. The van der Waals surface area contributed by atoms with E-state index in [1.54, 1.807) is 6.92 Å². The van der Waals surface area contributed by atoms with Crippen LogP contribution in [0.3, 0.4) is 0 Å². The van der Waals surface area contributed by atoms with Gasteiger partial charge in [0, 0.05) is 6.42 Å². The predicted octanol–water partition coefficient (Wildman–Crippen LogP) is 2.52. The molecule has 74 valence electrons. The number of aryl methyl sites for hydroxylation is 1. The van der Waals surface area contributed by atoms with Crippen LogP contribution in [0.25, 0.3) is 0 Å². The normalized spacial score (nSPS) is 13.2. The standard InChI is InChI=1S/C10H16O3/c1-4-5-7(2)6-9-8(3)12-10(11)13-9/h7H,4-6H2,1-3H3. The molecule has 3 nitrogen and oxygen atoms in total. The molecule has 0 bridgehead atoms. The molecular formula is C10H16O3. The molecule has 1 heterocycles. The zero-order valence-corrected chi connectivity index (χ0v) is 8.42. The van der Waals surface area contributed by atoms with E-state index >= 15 is 0 Å². The Kier molecular flexibility index (Phi) is 3.34. The van der Waals surface area contributed by atoms with Crippen LogP contribution in [0.2, 0.25) is 0 Å². The Morgan fingerprint density at radius 1 is 1.38 bits per heavy atom. The molecule has 0 radical (unpaired) electrons. The number of hydrogen-bond donors (Lipinski definition) is 0. The molecule has 1 atom stereocenters. The van der Waals surface area contributed by atoms with Crippen LogP contribution in [0.5, 0.6) is 0 Å². The van der Waals surface area contributed by atoms with Gasteiger partial charge in [0.15, 0.2) is 0 Å². The predicted molar refractivity (Wildman–Crippen MR) is 49.8 cm³/mol. The number of hydrogen-bond acceptors (Lipinski definition) is 3. The van der Waals surface area contributed by atoms with E-state index < -0.39 is 5.82 Å². The van der Waals surface area contributed by atoms with Crippen LogP contribution in [0.4, 0.5) is 0 Å². The molecule has 0 saturated heterocycles. The molecule has 0 aromatic carbocycles. The summed E-state index contributed by atoms with van der Waals surface area (Å²) in [7, 11) is 0. The van der Waals surface area contributed by atoms with E-state index in [1.165, 1.54) is 0 Å². The van der Waals surface area contributed by atoms with Crippen molar-refractivity contribution in [1.29, 1.82) is 0 Å². The third kappa shape index (κ3) is 2.76. The first kappa shape index (κ1) is 10.1. The lowest BCUT2D eigenvalue weighted by atomic mass is 10.0. The fourth-order valence-electron chi connectivity index (χ4n) is 1.47. The van der Waals surface area contributed by atoms with Crippen molar-refractivity contribution in [2.45, 2.75) is 40.0 Å².